The summed E-state index contributed by atoms with van der Waals surface area (Å²) in [4.78, 5) is 0. The van der Waals surface area contributed by atoms with Crippen molar-refractivity contribution in [3.05, 3.63) is 513 Å². The van der Waals surface area contributed by atoms with Crippen LogP contribution in [0.1, 0.15) is 27.8 Å². The minimum absolute atomic E-state index is 1.19. The Morgan fingerprint density at radius 3 is 0.694 bits per heavy atom. The van der Waals surface area contributed by atoms with Crippen molar-refractivity contribution in [2.24, 2.45) is 0 Å². The highest BCUT2D eigenvalue weighted by Gasteiger charge is 2.26. The Kier molecular flexibility index (Phi) is 20.9. The predicted octanol–water partition coefficient (Wildman–Crippen LogP) is 38.8. The van der Waals surface area contributed by atoms with Crippen molar-refractivity contribution in [1.82, 2.24) is 32.0 Å². The van der Waals surface area contributed by atoms with E-state index >= 15 is 0 Å². The molecule has 0 spiro atoms. The first-order valence-electron chi connectivity index (χ1n) is 50.4. The summed E-state index contributed by atoms with van der Waals surface area (Å²) in [5.41, 5.74) is 32.3. The van der Waals surface area contributed by atoms with E-state index in [1.807, 2.05) is 34.0 Å². The average Bonchev–Trinajstić information content (AvgIpc) is 1.58. The van der Waals surface area contributed by atoms with Gasteiger partial charge in [0, 0.05) is 176 Å². The topological polar surface area (TPSA) is 34.5 Å². The number of para-hydroxylation sites is 9. The molecule has 0 amide bonds. The summed E-state index contributed by atoms with van der Waals surface area (Å²) in [5, 5.41) is 26.4. The lowest BCUT2D eigenvalue weighted by atomic mass is 10.1. The second-order valence-corrected chi connectivity index (χ2v) is 42.1. The van der Waals surface area contributed by atoms with E-state index in [-0.39, 0.29) is 0 Å². The maximum Gasteiger partial charge on any atom is 0.0555 e. The van der Waals surface area contributed by atoms with E-state index in [4.69, 9.17) is 0 Å². The summed E-state index contributed by atoms with van der Waals surface area (Å²) in [7, 11) is 0. The lowest BCUT2D eigenvalue weighted by molar-refractivity contribution is 1.17. The minimum Gasteiger partial charge on any atom is -0.309 e. The van der Waals surface area contributed by atoms with E-state index in [1.165, 1.54) is 281 Å². The summed E-state index contributed by atoms with van der Waals surface area (Å²) in [6, 6.07) is 176. The van der Waals surface area contributed by atoms with Gasteiger partial charge >= 0.3 is 0 Å². The van der Waals surface area contributed by atoms with E-state index in [0.29, 0.717) is 0 Å². The zero-order valence-corrected chi connectivity index (χ0v) is 84.0. The molecule has 32 aromatic rings. The molecule has 32 rings (SSSR count). The third kappa shape index (κ3) is 14.4. The lowest BCUT2D eigenvalue weighted by Gasteiger charge is -2.09. The van der Waals surface area contributed by atoms with Gasteiger partial charge in [-0.25, -0.2) is 0 Å². The van der Waals surface area contributed by atoms with Crippen LogP contribution in [0.15, 0.2) is 485 Å². The van der Waals surface area contributed by atoms with E-state index in [2.05, 4.69) is 552 Å². The Balaban J connectivity index is 0.0000000891. The third-order valence-electron chi connectivity index (χ3n) is 29.9. The van der Waals surface area contributed by atoms with Gasteiger partial charge in [0.1, 0.15) is 0 Å². The van der Waals surface area contributed by atoms with Gasteiger partial charge in [-0.05, 0) is 245 Å². The Morgan fingerprint density at radius 1 is 0.122 bits per heavy atom. The van der Waals surface area contributed by atoms with Gasteiger partial charge in [-0.15, -0.1) is 34.0 Å². The Bertz CT molecular complexity index is 10900. The summed E-state index contributed by atoms with van der Waals surface area (Å²) in [5.74, 6) is 0. The van der Waals surface area contributed by atoms with Crippen LogP contribution in [0.3, 0.4) is 0 Å². The summed E-state index contributed by atoms with van der Waals surface area (Å²) < 4.78 is 25.0. The molecule has 10 heteroatoms. The van der Waals surface area contributed by atoms with Crippen molar-refractivity contribution in [3.8, 4) is 39.8 Å². The Morgan fingerprint density at radius 2 is 0.361 bits per heavy atom. The van der Waals surface area contributed by atoms with Gasteiger partial charge in [0.2, 0.25) is 0 Å². The molecule has 0 aliphatic heterocycles. The monoisotopic (exact) mass is 1930 g/mol. The summed E-state index contributed by atoms with van der Waals surface area (Å²) in [6.07, 6.45) is 0. The molecule has 0 aliphatic carbocycles. The van der Waals surface area contributed by atoms with Crippen LogP contribution in [0.25, 0.3) is 253 Å². The Labute approximate surface area is 859 Å². The molecular weight excluding hydrogens is 1840 g/mol. The lowest BCUT2D eigenvalue weighted by Crippen LogP contribution is -1.94. The third-order valence-corrected chi connectivity index (χ3v) is 33.4. The van der Waals surface area contributed by atoms with Gasteiger partial charge < -0.3 is 32.0 Å². The van der Waals surface area contributed by atoms with E-state index < -0.39 is 0 Å². The largest absolute Gasteiger partial charge is 0.309 e. The standard InChI is InChI=1S/2C31H22N2.3C25H17NS/c1-21-10-9-13-23(18-21)33-29-17-8-6-15-25(29)27-19-30-26(20-31(27)33)24-14-5-7-16-28(24)32(30)22-11-3-2-4-12-22;1-21-15-17-23(18-16-21)33-29-14-8-6-12-25(29)27-19-30-26(20-31(27)33)24-11-5-7-13-28(24)32(30)22-9-3-2-4-10-22;1-16-7-6-8-17(15-16)26-21-11-4-2-10-20(21)24-22(26)14-13-19-18-9-3-5-12-23(18)27-25(19)24;1-16-7-6-8-17(13-16)26-22-11-4-2-9-18(22)20-15-25-21(14-23(20)26)19-10-3-5-12-24(19)27-25;1-16-10-12-17(13-11-16)26-21-8-4-2-7-20(21)24-22(26)15-14-19-18-6-3-5-9-23(18)27-25(19)24/h2*2-20H,1H3;3*2-15H,1H3. The molecular formula is C137H95N7S3. The van der Waals surface area contributed by atoms with Crippen LogP contribution in [-0.4, -0.2) is 32.0 Å². The number of fused-ring (bicyclic) bond motifs is 32. The van der Waals surface area contributed by atoms with E-state index in [0.717, 1.165) is 0 Å². The van der Waals surface area contributed by atoms with Crippen molar-refractivity contribution in [2.45, 2.75) is 34.6 Å². The van der Waals surface area contributed by atoms with Gasteiger partial charge in [-0.3, -0.25) is 0 Å². The maximum absolute atomic E-state index is 2.41. The first-order chi connectivity index (χ1) is 72.5. The molecule has 0 bridgehead atoms. The van der Waals surface area contributed by atoms with Crippen LogP contribution >= 0.6 is 34.0 Å². The molecule has 0 unspecified atom stereocenters. The van der Waals surface area contributed by atoms with Crippen LogP contribution in [0.5, 0.6) is 0 Å². The van der Waals surface area contributed by atoms with Crippen molar-refractivity contribution in [3.63, 3.8) is 0 Å². The number of rotatable bonds is 7. The molecule has 0 atom stereocenters. The highest BCUT2D eigenvalue weighted by Crippen LogP contribution is 2.50. The van der Waals surface area contributed by atoms with Gasteiger partial charge in [0.15, 0.2) is 0 Å². The first kappa shape index (κ1) is 86.9. The zero-order valence-electron chi connectivity index (χ0n) is 81.5. The fraction of sp³-hybridized carbons (Fsp3) is 0.0365. The number of aromatic nitrogens is 7. The fourth-order valence-corrected chi connectivity index (χ4v) is 27.0. The highest BCUT2D eigenvalue weighted by atomic mass is 32.1. The smallest absolute Gasteiger partial charge is 0.0555 e. The van der Waals surface area contributed by atoms with Crippen LogP contribution < -0.4 is 0 Å². The quantitative estimate of drug-likeness (QED) is 0.152. The average molecular weight is 1940 g/mol. The second kappa shape index (κ2) is 35.3. The number of thiophene rings is 3. The van der Waals surface area contributed by atoms with Crippen molar-refractivity contribution in [2.75, 3.05) is 0 Å². The maximum atomic E-state index is 2.41. The molecule has 22 aromatic carbocycles. The van der Waals surface area contributed by atoms with Crippen molar-refractivity contribution in [1.29, 1.82) is 0 Å². The molecule has 7 nitrogen and oxygen atoms in total. The zero-order chi connectivity index (χ0) is 97.8. The van der Waals surface area contributed by atoms with Crippen LogP contribution in [0.2, 0.25) is 0 Å². The molecule has 0 aliphatic rings. The van der Waals surface area contributed by atoms with Crippen LogP contribution in [-0.2, 0) is 0 Å². The number of aryl methyl sites for hydroxylation is 5. The molecule has 0 N–H and O–H groups in total. The normalized spacial score (nSPS) is 11.8. The number of benzene rings is 22. The number of nitrogens with zero attached hydrogens (tertiary/aromatic N) is 7. The first-order valence-corrected chi connectivity index (χ1v) is 52.9. The highest BCUT2D eigenvalue weighted by molar-refractivity contribution is 7.27. The molecule has 0 saturated heterocycles. The SMILES string of the molecule is Cc1ccc(-n2c3ccccc3c3c4sc5ccccc5c4ccc32)cc1.Cc1ccc(-n2c3ccccc3c3cc4c(cc32)c2ccccc2n4-c2ccccc2)cc1.Cc1cccc(-n2c3ccccc3c3c4sc5ccccc5c4ccc32)c1.Cc1cccc(-n2c3ccccc3c3cc4c(cc32)c2ccccc2n4-c2ccccc2)c1.Cc1cccc(-n2c3ccccc3c3cc4sc5ccccc5c4cc32)c1. The molecule has 0 fully saturated rings. The van der Waals surface area contributed by atoms with E-state index in [1.54, 1.807) is 0 Å². The van der Waals surface area contributed by atoms with Gasteiger partial charge in [-0.1, -0.05) is 302 Å². The second-order valence-electron chi connectivity index (χ2n) is 38.9. The van der Waals surface area contributed by atoms with Crippen molar-refractivity contribution < 1.29 is 0 Å². The van der Waals surface area contributed by atoms with Gasteiger partial charge in [-0.2, -0.15) is 0 Å². The molecule has 0 saturated carbocycles. The van der Waals surface area contributed by atoms with Crippen LogP contribution in [0, 0.1) is 34.6 Å². The Hall–Kier alpha value is -17.9. The number of hydrogen-bond acceptors (Lipinski definition) is 3. The van der Waals surface area contributed by atoms with Gasteiger partial charge in [0.25, 0.3) is 0 Å². The summed E-state index contributed by atoms with van der Waals surface area (Å²) in [6.45, 7) is 10.7. The number of hydrogen-bond donors (Lipinski definition) is 0. The molecule has 10 heterocycles. The predicted molar refractivity (Wildman–Crippen MR) is 635 cm³/mol. The summed E-state index contributed by atoms with van der Waals surface area (Å²) >= 11 is 5.69. The molecule has 696 valence electrons. The molecule has 0 radical (unpaired) electrons. The fourth-order valence-electron chi connectivity index (χ4n) is 23.3. The van der Waals surface area contributed by atoms with E-state index in [9.17, 15) is 0 Å². The van der Waals surface area contributed by atoms with Crippen LogP contribution in [0.4, 0.5) is 0 Å². The molecule has 10 aromatic heterocycles. The van der Waals surface area contributed by atoms with Gasteiger partial charge in [0.05, 0.1) is 77.2 Å². The minimum atomic E-state index is 1.19. The van der Waals surface area contributed by atoms with Crippen molar-refractivity contribution >= 4 is 247 Å². The molecule has 147 heavy (non-hydrogen) atoms.